The van der Waals surface area contributed by atoms with Crippen molar-refractivity contribution in [3.63, 3.8) is 0 Å². The molecule has 0 atom stereocenters. The van der Waals surface area contributed by atoms with Gasteiger partial charge in [0.1, 0.15) is 6.33 Å². The Bertz CT molecular complexity index is 192. The third kappa shape index (κ3) is 0.753. The van der Waals surface area contributed by atoms with E-state index >= 15 is 0 Å². The average Bonchev–Trinajstić information content (AvgIpc) is 2.14. The SMILES string of the molecule is Cc1cn(C=O)cn1. The summed E-state index contributed by atoms with van der Waals surface area (Å²) in [5.41, 5.74) is 0.858. The molecule has 3 heteroatoms. The number of imidazole rings is 1. The fourth-order valence-electron chi connectivity index (χ4n) is 0.498. The van der Waals surface area contributed by atoms with E-state index in [9.17, 15) is 4.79 Å². The molecule has 0 fully saturated rings. The van der Waals surface area contributed by atoms with Crippen molar-refractivity contribution in [3.8, 4) is 0 Å². The van der Waals surface area contributed by atoms with E-state index < -0.39 is 0 Å². The normalized spacial score (nSPS) is 9.12. The molecule has 1 aromatic heterocycles. The summed E-state index contributed by atoms with van der Waals surface area (Å²) in [6.07, 6.45) is 3.84. The zero-order valence-electron chi connectivity index (χ0n) is 4.53. The largest absolute Gasteiger partial charge is 0.279 e. The smallest absolute Gasteiger partial charge is 0.219 e. The molecule has 1 aromatic rings. The van der Waals surface area contributed by atoms with Gasteiger partial charge < -0.3 is 0 Å². The number of aromatic nitrogens is 2. The Morgan fingerprint density at radius 3 is 2.88 bits per heavy atom. The summed E-state index contributed by atoms with van der Waals surface area (Å²) in [5, 5.41) is 0. The van der Waals surface area contributed by atoms with Crippen LogP contribution in [0.15, 0.2) is 12.5 Å². The Morgan fingerprint density at radius 1 is 1.88 bits per heavy atom. The van der Waals surface area contributed by atoms with Crippen LogP contribution in [0, 0.1) is 6.92 Å². The molecule has 8 heavy (non-hydrogen) atoms. The Balaban J connectivity index is 3.00. The van der Waals surface area contributed by atoms with Gasteiger partial charge in [-0.05, 0) is 6.92 Å². The highest BCUT2D eigenvalue weighted by atomic mass is 16.1. The highest BCUT2D eigenvalue weighted by molar-refractivity contribution is 5.51. The number of carbonyl (C=O) groups is 1. The standard InChI is InChI=1S/C5H6N2O/c1-5-2-7(4-8)3-6-5/h2-4H,1H3. The molecule has 3 nitrogen and oxygen atoms in total. The van der Waals surface area contributed by atoms with Gasteiger partial charge in [-0.3, -0.25) is 9.36 Å². The minimum Gasteiger partial charge on any atom is -0.279 e. The molecule has 0 aliphatic heterocycles. The third-order valence-electron chi connectivity index (χ3n) is 0.852. The second-order valence-electron chi connectivity index (χ2n) is 1.57. The van der Waals surface area contributed by atoms with E-state index in [1.165, 1.54) is 10.9 Å². The first-order valence-corrected chi connectivity index (χ1v) is 2.28. The lowest BCUT2D eigenvalue weighted by atomic mass is 10.6. The van der Waals surface area contributed by atoms with E-state index in [-0.39, 0.29) is 0 Å². The zero-order valence-corrected chi connectivity index (χ0v) is 4.53. The van der Waals surface area contributed by atoms with Gasteiger partial charge in [-0.15, -0.1) is 0 Å². The maximum Gasteiger partial charge on any atom is 0.219 e. The number of carbonyl (C=O) groups excluding carboxylic acids is 1. The van der Waals surface area contributed by atoms with Crippen LogP contribution in [0.1, 0.15) is 5.69 Å². The molecule has 0 spiro atoms. The zero-order chi connectivity index (χ0) is 5.98. The molecule has 0 amide bonds. The highest BCUT2D eigenvalue weighted by Crippen LogP contribution is 1.87. The van der Waals surface area contributed by atoms with Crippen molar-refractivity contribution in [3.05, 3.63) is 18.2 Å². The van der Waals surface area contributed by atoms with Gasteiger partial charge in [0.25, 0.3) is 0 Å². The van der Waals surface area contributed by atoms with Crippen molar-refractivity contribution in [1.82, 2.24) is 9.55 Å². The Hall–Kier alpha value is -1.12. The van der Waals surface area contributed by atoms with Gasteiger partial charge in [-0.1, -0.05) is 0 Å². The van der Waals surface area contributed by atoms with E-state index in [2.05, 4.69) is 4.98 Å². The van der Waals surface area contributed by atoms with E-state index in [1.54, 1.807) is 6.20 Å². The van der Waals surface area contributed by atoms with E-state index in [0.29, 0.717) is 6.41 Å². The van der Waals surface area contributed by atoms with E-state index in [4.69, 9.17) is 0 Å². The number of hydrogen-bond donors (Lipinski definition) is 0. The van der Waals surface area contributed by atoms with Gasteiger partial charge >= 0.3 is 0 Å². The van der Waals surface area contributed by atoms with Crippen LogP contribution in [0.25, 0.3) is 0 Å². The molecule has 0 saturated carbocycles. The van der Waals surface area contributed by atoms with Crippen LogP contribution >= 0.6 is 0 Å². The summed E-state index contributed by atoms with van der Waals surface area (Å²) in [6, 6.07) is 0. The molecule has 0 aliphatic carbocycles. The Labute approximate surface area is 47.0 Å². The fourth-order valence-corrected chi connectivity index (χ4v) is 0.498. The molecule has 0 aliphatic rings. The summed E-state index contributed by atoms with van der Waals surface area (Å²) >= 11 is 0. The minimum absolute atomic E-state index is 0.708. The monoisotopic (exact) mass is 110 g/mol. The molecule has 42 valence electrons. The van der Waals surface area contributed by atoms with Crippen LogP contribution in [-0.4, -0.2) is 16.0 Å². The first kappa shape index (κ1) is 5.03. The number of aryl methyl sites for hydroxylation is 1. The lowest BCUT2D eigenvalue weighted by molar-refractivity contribution is 0.547. The molecule has 0 aromatic carbocycles. The summed E-state index contributed by atoms with van der Waals surface area (Å²) in [5.74, 6) is 0. The topological polar surface area (TPSA) is 34.9 Å². The maximum atomic E-state index is 9.94. The van der Waals surface area contributed by atoms with Crippen LogP contribution in [-0.2, 0) is 4.79 Å². The quantitative estimate of drug-likeness (QED) is 0.485. The first-order valence-electron chi connectivity index (χ1n) is 2.28. The van der Waals surface area contributed by atoms with Crippen molar-refractivity contribution in [2.45, 2.75) is 6.92 Å². The van der Waals surface area contributed by atoms with Gasteiger partial charge in [-0.2, -0.15) is 0 Å². The fraction of sp³-hybridized carbons (Fsp3) is 0.200. The predicted molar refractivity (Wildman–Crippen MR) is 29.1 cm³/mol. The van der Waals surface area contributed by atoms with Crippen LogP contribution in [0.5, 0.6) is 0 Å². The Morgan fingerprint density at radius 2 is 2.62 bits per heavy atom. The second kappa shape index (κ2) is 1.78. The molecule has 0 N–H and O–H groups in total. The van der Waals surface area contributed by atoms with Crippen LogP contribution in [0.2, 0.25) is 0 Å². The van der Waals surface area contributed by atoms with Crippen LogP contribution in [0.3, 0.4) is 0 Å². The van der Waals surface area contributed by atoms with Crippen molar-refractivity contribution in [1.29, 1.82) is 0 Å². The number of rotatable bonds is 1. The van der Waals surface area contributed by atoms with Gasteiger partial charge in [-0.25, -0.2) is 4.98 Å². The van der Waals surface area contributed by atoms with Gasteiger partial charge in [0.2, 0.25) is 6.41 Å². The third-order valence-corrected chi connectivity index (χ3v) is 0.852. The Kier molecular flexibility index (Phi) is 1.12. The first-order chi connectivity index (χ1) is 3.83. The molecular weight excluding hydrogens is 104 g/mol. The summed E-state index contributed by atoms with van der Waals surface area (Å²) < 4.78 is 1.37. The van der Waals surface area contributed by atoms with Gasteiger partial charge in [0, 0.05) is 6.20 Å². The van der Waals surface area contributed by atoms with Crippen molar-refractivity contribution in [2.75, 3.05) is 0 Å². The average molecular weight is 110 g/mol. The van der Waals surface area contributed by atoms with Gasteiger partial charge in [0.15, 0.2) is 0 Å². The van der Waals surface area contributed by atoms with Crippen LogP contribution < -0.4 is 0 Å². The number of nitrogens with zero attached hydrogens (tertiary/aromatic N) is 2. The molecular formula is C5H6N2O. The lowest BCUT2D eigenvalue weighted by Crippen LogP contribution is -1.86. The highest BCUT2D eigenvalue weighted by Gasteiger charge is 1.86. The molecule has 0 saturated heterocycles. The predicted octanol–water partition coefficient (Wildman–Crippen LogP) is 0.230. The maximum absolute atomic E-state index is 9.94. The van der Waals surface area contributed by atoms with E-state index in [1.807, 2.05) is 6.92 Å². The molecule has 0 bridgehead atoms. The molecule has 0 radical (unpaired) electrons. The summed E-state index contributed by atoms with van der Waals surface area (Å²) in [6.45, 7) is 1.83. The van der Waals surface area contributed by atoms with Crippen LogP contribution in [0.4, 0.5) is 0 Å². The summed E-state index contributed by atoms with van der Waals surface area (Å²) in [4.78, 5) is 13.8. The molecule has 1 rings (SSSR count). The number of hydrogen-bond acceptors (Lipinski definition) is 2. The van der Waals surface area contributed by atoms with Crippen molar-refractivity contribution >= 4 is 6.41 Å². The van der Waals surface area contributed by atoms with Crippen molar-refractivity contribution in [2.24, 2.45) is 0 Å². The molecule has 1 heterocycles. The lowest BCUT2D eigenvalue weighted by Gasteiger charge is -1.77. The van der Waals surface area contributed by atoms with Crippen molar-refractivity contribution < 1.29 is 4.79 Å². The second-order valence-corrected chi connectivity index (χ2v) is 1.57. The summed E-state index contributed by atoms with van der Waals surface area (Å²) in [7, 11) is 0. The van der Waals surface area contributed by atoms with E-state index in [0.717, 1.165) is 5.69 Å². The van der Waals surface area contributed by atoms with Gasteiger partial charge in [0.05, 0.1) is 5.69 Å². The molecule has 0 unspecified atom stereocenters. The minimum atomic E-state index is 0.708.